The molecule has 3 rings (SSSR count). The number of carbonyl (C=O) groups is 1. The Labute approximate surface area is 151 Å². The van der Waals surface area contributed by atoms with E-state index in [1.165, 1.54) is 4.40 Å². The molecule has 0 bridgehead atoms. The van der Waals surface area contributed by atoms with Gasteiger partial charge in [0, 0.05) is 30.2 Å². The summed E-state index contributed by atoms with van der Waals surface area (Å²) in [5.41, 5.74) is 1.98. The molecule has 0 radical (unpaired) electrons. The molecule has 0 spiro atoms. The molecule has 7 nitrogen and oxygen atoms in total. The second kappa shape index (κ2) is 7.43. The first kappa shape index (κ1) is 17.7. The van der Waals surface area contributed by atoms with Crippen molar-refractivity contribution in [3.63, 3.8) is 0 Å². The number of hydrogen-bond donors (Lipinski definition) is 1. The van der Waals surface area contributed by atoms with E-state index < -0.39 is 0 Å². The monoisotopic (exact) mass is 353 g/mol. The van der Waals surface area contributed by atoms with Crippen LogP contribution in [-0.4, -0.2) is 32.7 Å². The lowest BCUT2D eigenvalue weighted by Gasteiger charge is -2.27. The van der Waals surface area contributed by atoms with Gasteiger partial charge in [-0.15, -0.1) is 5.10 Å². The van der Waals surface area contributed by atoms with Gasteiger partial charge in [-0.05, 0) is 57.2 Å². The van der Waals surface area contributed by atoms with Crippen molar-refractivity contribution < 1.29 is 4.79 Å². The van der Waals surface area contributed by atoms with E-state index in [-0.39, 0.29) is 18.1 Å². The standard InChI is InChI=1S/C19H23N5O2/c1-4-22(14(2)3)16-10-8-15(9-11-16)20-18(25)13-24-19(26)23-12-6-5-7-17(23)21-24/h5-12,14H,4,13H2,1-3H3,(H,20,25). The van der Waals surface area contributed by atoms with Crippen LogP contribution in [0.4, 0.5) is 11.4 Å². The zero-order valence-corrected chi connectivity index (χ0v) is 15.2. The summed E-state index contributed by atoms with van der Waals surface area (Å²) in [7, 11) is 0. The molecule has 26 heavy (non-hydrogen) atoms. The summed E-state index contributed by atoms with van der Waals surface area (Å²) >= 11 is 0. The predicted octanol–water partition coefficient (Wildman–Crippen LogP) is 2.37. The molecule has 0 saturated heterocycles. The summed E-state index contributed by atoms with van der Waals surface area (Å²) in [5, 5.41) is 6.97. The van der Waals surface area contributed by atoms with Gasteiger partial charge in [0.15, 0.2) is 5.65 Å². The lowest BCUT2D eigenvalue weighted by atomic mass is 10.2. The normalized spacial score (nSPS) is 11.1. The molecule has 2 heterocycles. The molecule has 1 amide bonds. The van der Waals surface area contributed by atoms with Gasteiger partial charge in [0.25, 0.3) is 0 Å². The van der Waals surface area contributed by atoms with E-state index in [0.29, 0.717) is 17.4 Å². The van der Waals surface area contributed by atoms with Crippen LogP contribution in [0.3, 0.4) is 0 Å². The van der Waals surface area contributed by atoms with Gasteiger partial charge >= 0.3 is 5.69 Å². The summed E-state index contributed by atoms with van der Waals surface area (Å²) in [6, 6.07) is 13.4. The molecule has 0 unspecified atom stereocenters. The first-order chi connectivity index (χ1) is 12.5. The smallest absolute Gasteiger partial charge is 0.350 e. The van der Waals surface area contributed by atoms with Gasteiger partial charge in [-0.3, -0.25) is 9.20 Å². The van der Waals surface area contributed by atoms with Crippen molar-refractivity contribution in [2.45, 2.75) is 33.4 Å². The maximum Gasteiger partial charge on any atom is 0.350 e. The van der Waals surface area contributed by atoms with Crippen LogP contribution < -0.4 is 15.9 Å². The fraction of sp³-hybridized carbons (Fsp3) is 0.316. The predicted molar refractivity (Wildman–Crippen MR) is 103 cm³/mol. The lowest BCUT2D eigenvalue weighted by molar-refractivity contribution is -0.117. The molecule has 0 aliphatic carbocycles. The summed E-state index contributed by atoms with van der Waals surface area (Å²) in [6.07, 6.45) is 1.63. The van der Waals surface area contributed by atoms with Crippen LogP contribution in [0.5, 0.6) is 0 Å². The highest BCUT2D eigenvalue weighted by Gasteiger charge is 2.11. The van der Waals surface area contributed by atoms with Gasteiger partial charge in [-0.1, -0.05) is 6.07 Å². The topological polar surface area (TPSA) is 71.6 Å². The Morgan fingerprint density at radius 1 is 1.19 bits per heavy atom. The highest BCUT2D eigenvalue weighted by Crippen LogP contribution is 2.19. The molecule has 136 valence electrons. The average molecular weight is 353 g/mol. The minimum Gasteiger partial charge on any atom is -0.369 e. The van der Waals surface area contributed by atoms with E-state index in [4.69, 9.17) is 0 Å². The lowest BCUT2D eigenvalue weighted by Crippen LogP contribution is -2.30. The number of nitrogens with one attached hydrogen (secondary N) is 1. The fourth-order valence-electron chi connectivity index (χ4n) is 2.99. The van der Waals surface area contributed by atoms with Crippen molar-refractivity contribution in [2.24, 2.45) is 0 Å². The second-order valence-electron chi connectivity index (χ2n) is 6.34. The van der Waals surface area contributed by atoms with Crippen molar-refractivity contribution >= 4 is 22.9 Å². The van der Waals surface area contributed by atoms with E-state index >= 15 is 0 Å². The molecule has 1 N–H and O–H groups in total. The Morgan fingerprint density at radius 2 is 1.92 bits per heavy atom. The number of benzene rings is 1. The van der Waals surface area contributed by atoms with Crippen LogP contribution in [-0.2, 0) is 11.3 Å². The molecule has 0 saturated carbocycles. The number of pyridine rings is 1. The van der Waals surface area contributed by atoms with E-state index in [9.17, 15) is 9.59 Å². The van der Waals surface area contributed by atoms with E-state index in [1.807, 2.05) is 24.3 Å². The van der Waals surface area contributed by atoms with Crippen LogP contribution >= 0.6 is 0 Å². The van der Waals surface area contributed by atoms with Gasteiger partial charge in [0.2, 0.25) is 5.91 Å². The van der Waals surface area contributed by atoms with Crippen molar-refractivity contribution in [3.05, 3.63) is 59.1 Å². The number of rotatable bonds is 6. The van der Waals surface area contributed by atoms with Crippen LogP contribution in [0.25, 0.3) is 5.65 Å². The molecule has 7 heteroatoms. The maximum atomic E-state index is 12.3. The number of fused-ring (bicyclic) bond motifs is 1. The summed E-state index contributed by atoms with van der Waals surface area (Å²) in [6.45, 7) is 7.19. The van der Waals surface area contributed by atoms with Gasteiger partial charge in [-0.2, -0.15) is 0 Å². The minimum atomic E-state index is -0.332. The molecule has 0 aliphatic heterocycles. The molecule has 0 atom stereocenters. The first-order valence-corrected chi connectivity index (χ1v) is 8.70. The Kier molecular flexibility index (Phi) is 5.06. The van der Waals surface area contributed by atoms with Crippen molar-refractivity contribution in [3.8, 4) is 0 Å². The largest absolute Gasteiger partial charge is 0.369 e. The van der Waals surface area contributed by atoms with Crippen LogP contribution in [0, 0.1) is 0 Å². The zero-order valence-electron chi connectivity index (χ0n) is 15.2. The van der Waals surface area contributed by atoms with Crippen molar-refractivity contribution in [2.75, 3.05) is 16.8 Å². The maximum absolute atomic E-state index is 12.3. The van der Waals surface area contributed by atoms with E-state index in [0.717, 1.165) is 16.9 Å². The Balaban J connectivity index is 1.69. The molecule has 3 aromatic rings. The molecular weight excluding hydrogens is 330 g/mol. The molecule has 1 aromatic carbocycles. The number of hydrogen-bond acceptors (Lipinski definition) is 4. The Hall–Kier alpha value is -3.09. The fourth-order valence-corrected chi connectivity index (χ4v) is 2.99. The molecule has 0 aliphatic rings. The molecule has 2 aromatic heterocycles. The SMILES string of the molecule is CCN(c1ccc(NC(=O)Cn2nc3ccccn3c2=O)cc1)C(C)C. The number of anilines is 2. The molecule has 0 fully saturated rings. The molecular formula is C19H23N5O2. The third-order valence-corrected chi connectivity index (χ3v) is 4.23. The van der Waals surface area contributed by atoms with Crippen LogP contribution in [0.1, 0.15) is 20.8 Å². The quantitative estimate of drug-likeness (QED) is 0.738. The number of aromatic nitrogens is 3. The third-order valence-electron chi connectivity index (χ3n) is 4.23. The highest BCUT2D eigenvalue weighted by molar-refractivity contribution is 5.90. The van der Waals surface area contributed by atoms with Gasteiger partial charge in [0.05, 0.1) is 0 Å². The summed E-state index contributed by atoms with van der Waals surface area (Å²) in [4.78, 5) is 26.7. The number of carbonyl (C=O) groups excluding carboxylic acids is 1. The minimum absolute atomic E-state index is 0.130. The van der Waals surface area contributed by atoms with Gasteiger partial charge in [0.1, 0.15) is 6.54 Å². The summed E-state index contributed by atoms with van der Waals surface area (Å²) in [5.74, 6) is -0.292. The van der Waals surface area contributed by atoms with E-state index in [1.54, 1.807) is 24.4 Å². The number of nitrogens with zero attached hydrogens (tertiary/aromatic N) is 4. The second-order valence-corrected chi connectivity index (χ2v) is 6.34. The highest BCUT2D eigenvalue weighted by atomic mass is 16.2. The van der Waals surface area contributed by atoms with Gasteiger partial charge in [-0.25, -0.2) is 9.48 Å². The van der Waals surface area contributed by atoms with Crippen molar-refractivity contribution in [1.82, 2.24) is 14.2 Å². The third kappa shape index (κ3) is 3.61. The summed E-state index contributed by atoms with van der Waals surface area (Å²) < 4.78 is 2.57. The Bertz CT molecular complexity index is 956. The van der Waals surface area contributed by atoms with E-state index in [2.05, 4.69) is 36.1 Å². The zero-order chi connectivity index (χ0) is 18.7. The average Bonchev–Trinajstić information content (AvgIpc) is 2.93. The number of amides is 1. The van der Waals surface area contributed by atoms with Crippen LogP contribution in [0.15, 0.2) is 53.5 Å². The van der Waals surface area contributed by atoms with Crippen molar-refractivity contribution in [1.29, 1.82) is 0 Å². The van der Waals surface area contributed by atoms with Gasteiger partial charge < -0.3 is 10.2 Å². The van der Waals surface area contributed by atoms with Crippen LogP contribution in [0.2, 0.25) is 0 Å². The Morgan fingerprint density at radius 3 is 2.54 bits per heavy atom. The first-order valence-electron chi connectivity index (χ1n) is 8.70.